The second kappa shape index (κ2) is 12.8. The number of hydrogen-bond donors (Lipinski definition) is 0. The molecule has 0 N–H and O–H groups in total. The van der Waals surface area contributed by atoms with Crippen LogP contribution in [-0.2, 0) is 0 Å². The fourth-order valence-electron chi connectivity index (χ4n) is 10.0. The minimum absolute atomic E-state index is 1.15. The van der Waals surface area contributed by atoms with Gasteiger partial charge in [0.15, 0.2) is 0 Å². The van der Waals surface area contributed by atoms with Crippen LogP contribution in [0, 0.1) is 0 Å². The van der Waals surface area contributed by atoms with Crippen LogP contribution in [0.4, 0.5) is 0 Å². The highest BCUT2D eigenvalue weighted by Crippen LogP contribution is 2.49. The molecular formula is C58H36N2. The van der Waals surface area contributed by atoms with Gasteiger partial charge in [0.1, 0.15) is 0 Å². The fourth-order valence-corrected chi connectivity index (χ4v) is 10.0. The maximum atomic E-state index is 2.51. The van der Waals surface area contributed by atoms with E-state index in [1.54, 1.807) is 0 Å². The molecule has 2 heteroatoms. The Hall–Kier alpha value is -7.94. The third-order valence-electron chi connectivity index (χ3n) is 12.8. The molecule has 13 rings (SSSR count). The van der Waals surface area contributed by atoms with Crippen LogP contribution in [0.2, 0.25) is 0 Å². The van der Waals surface area contributed by atoms with Crippen molar-refractivity contribution in [2.75, 3.05) is 0 Å². The van der Waals surface area contributed by atoms with Gasteiger partial charge in [0.2, 0.25) is 0 Å². The van der Waals surface area contributed by atoms with Crippen molar-refractivity contribution < 1.29 is 0 Å². The number of rotatable bonds is 4. The van der Waals surface area contributed by atoms with Crippen molar-refractivity contribution in [1.82, 2.24) is 9.13 Å². The van der Waals surface area contributed by atoms with Gasteiger partial charge in [-0.05, 0) is 128 Å². The first-order valence-corrected chi connectivity index (χ1v) is 20.8. The number of aromatic nitrogens is 2. The van der Waals surface area contributed by atoms with Gasteiger partial charge in [-0.1, -0.05) is 146 Å². The minimum Gasteiger partial charge on any atom is -0.309 e. The fraction of sp³-hybridized carbons (Fsp3) is 0. The molecule has 0 fully saturated rings. The standard InChI is InChI=1S/C58H36N2/c1-2-13-37(14-3-1)39-17-12-18-40(31-39)38-25-28-45(29-26-38)59-54-22-9-7-20-47(54)51-34-43(27-30-57(51)59)44-35-52-48-21-8-11-24-56(48)60-55-23-10-6-19-46(55)49-32-41-15-4-5-16-42(41)33-50(49)53(36-44)58(52)60/h1-36H. The molecule has 60 heavy (non-hydrogen) atoms. The van der Waals surface area contributed by atoms with E-state index in [1.165, 1.54) is 116 Å². The smallest absolute Gasteiger partial charge is 0.0620 e. The molecule has 2 nitrogen and oxygen atoms in total. The van der Waals surface area contributed by atoms with E-state index in [1.807, 2.05) is 0 Å². The lowest BCUT2D eigenvalue weighted by atomic mass is 9.89. The van der Waals surface area contributed by atoms with E-state index in [2.05, 4.69) is 228 Å². The largest absolute Gasteiger partial charge is 0.309 e. The van der Waals surface area contributed by atoms with Crippen molar-refractivity contribution >= 4 is 54.4 Å². The van der Waals surface area contributed by atoms with Gasteiger partial charge in [0, 0.05) is 38.4 Å². The van der Waals surface area contributed by atoms with Gasteiger partial charge in [-0.15, -0.1) is 0 Å². The summed E-state index contributed by atoms with van der Waals surface area (Å²) in [4.78, 5) is 0. The van der Waals surface area contributed by atoms with Gasteiger partial charge in [0.05, 0.1) is 27.8 Å². The first-order valence-electron chi connectivity index (χ1n) is 20.8. The Morgan fingerprint density at radius 2 is 0.783 bits per heavy atom. The van der Waals surface area contributed by atoms with E-state index in [-0.39, 0.29) is 0 Å². The summed E-state index contributed by atoms with van der Waals surface area (Å²) in [7, 11) is 0. The highest BCUT2D eigenvalue weighted by atomic mass is 15.0. The molecule has 0 aliphatic carbocycles. The zero-order valence-electron chi connectivity index (χ0n) is 32.7. The summed E-state index contributed by atoms with van der Waals surface area (Å²) in [6.45, 7) is 0. The van der Waals surface area contributed by atoms with E-state index in [0.717, 1.165) is 5.69 Å². The minimum atomic E-state index is 1.15. The normalized spacial score (nSPS) is 12.0. The second-order valence-electron chi connectivity index (χ2n) is 16.1. The lowest BCUT2D eigenvalue weighted by molar-refractivity contribution is 1.18. The zero-order chi connectivity index (χ0) is 39.3. The average Bonchev–Trinajstić information content (AvgIpc) is 3.80. The zero-order valence-corrected chi connectivity index (χ0v) is 32.7. The summed E-state index contributed by atoms with van der Waals surface area (Å²) in [5.74, 6) is 0. The summed E-state index contributed by atoms with van der Waals surface area (Å²) in [5.41, 5.74) is 19.6. The van der Waals surface area contributed by atoms with Gasteiger partial charge in [-0.25, -0.2) is 0 Å². The van der Waals surface area contributed by atoms with Crippen molar-refractivity contribution in [3.63, 3.8) is 0 Å². The first kappa shape index (κ1) is 33.1. The molecule has 0 unspecified atom stereocenters. The number of hydrogen-bond acceptors (Lipinski definition) is 0. The Balaban J connectivity index is 0.995. The van der Waals surface area contributed by atoms with Crippen molar-refractivity contribution in [1.29, 1.82) is 0 Å². The molecule has 2 aromatic heterocycles. The van der Waals surface area contributed by atoms with Crippen LogP contribution in [0.3, 0.4) is 0 Å². The molecule has 3 heterocycles. The molecule has 12 aromatic rings. The quantitative estimate of drug-likeness (QED) is 0.169. The SMILES string of the molecule is c1ccc(-c2cccc(-c3ccc(-n4c5ccccc5c5cc(-c6cc7c8c(c6)c6ccccc6n8-c6ccccc6-c6cc8ccccc8cc6-7)ccc54)cc3)c2)cc1. The van der Waals surface area contributed by atoms with E-state index in [9.17, 15) is 0 Å². The maximum Gasteiger partial charge on any atom is 0.0620 e. The summed E-state index contributed by atoms with van der Waals surface area (Å²) in [5, 5.41) is 7.53. The lowest BCUT2D eigenvalue weighted by Gasteiger charge is -2.14. The molecular weight excluding hydrogens is 725 g/mol. The van der Waals surface area contributed by atoms with Crippen LogP contribution in [0.1, 0.15) is 0 Å². The topological polar surface area (TPSA) is 9.86 Å². The van der Waals surface area contributed by atoms with Gasteiger partial charge < -0.3 is 9.13 Å². The Kier molecular flexibility index (Phi) is 7.05. The number of benzene rings is 10. The number of nitrogens with zero attached hydrogens (tertiary/aromatic N) is 2. The van der Waals surface area contributed by atoms with Crippen molar-refractivity contribution in [2.24, 2.45) is 0 Å². The Morgan fingerprint density at radius 3 is 1.55 bits per heavy atom. The monoisotopic (exact) mass is 760 g/mol. The molecule has 0 amide bonds. The molecule has 0 atom stereocenters. The maximum absolute atomic E-state index is 2.51. The molecule has 10 aromatic carbocycles. The highest BCUT2D eigenvalue weighted by molar-refractivity contribution is 6.19. The molecule has 278 valence electrons. The Bertz CT molecular complexity index is 3700. The van der Waals surface area contributed by atoms with Gasteiger partial charge in [-0.3, -0.25) is 0 Å². The molecule has 0 saturated carbocycles. The van der Waals surface area contributed by atoms with Crippen molar-refractivity contribution in [2.45, 2.75) is 0 Å². The lowest BCUT2D eigenvalue weighted by Crippen LogP contribution is -1.95. The second-order valence-corrected chi connectivity index (χ2v) is 16.1. The van der Waals surface area contributed by atoms with E-state index in [0.29, 0.717) is 0 Å². The third kappa shape index (κ3) is 4.88. The van der Waals surface area contributed by atoms with Crippen molar-refractivity contribution in [3.8, 4) is 67.0 Å². The van der Waals surface area contributed by atoms with Crippen LogP contribution in [0.5, 0.6) is 0 Å². The summed E-state index contributed by atoms with van der Waals surface area (Å²) < 4.78 is 4.92. The predicted molar refractivity (Wildman–Crippen MR) is 253 cm³/mol. The predicted octanol–water partition coefficient (Wildman–Crippen LogP) is 15.7. The Labute approximate surface area is 347 Å². The van der Waals surface area contributed by atoms with Gasteiger partial charge in [0.25, 0.3) is 0 Å². The summed E-state index contributed by atoms with van der Waals surface area (Å²) in [6.07, 6.45) is 0. The van der Waals surface area contributed by atoms with Gasteiger partial charge in [-0.2, -0.15) is 0 Å². The third-order valence-corrected chi connectivity index (χ3v) is 12.8. The molecule has 0 spiro atoms. The van der Waals surface area contributed by atoms with E-state index < -0.39 is 0 Å². The number of para-hydroxylation sites is 3. The van der Waals surface area contributed by atoms with Crippen LogP contribution in [0.25, 0.3) is 121 Å². The van der Waals surface area contributed by atoms with Crippen LogP contribution < -0.4 is 0 Å². The van der Waals surface area contributed by atoms with E-state index >= 15 is 0 Å². The average molecular weight is 761 g/mol. The van der Waals surface area contributed by atoms with Crippen LogP contribution in [0.15, 0.2) is 218 Å². The summed E-state index contributed by atoms with van der Waals surface area (Å²) >= 11 is 0. The highest BCUT2D eigenvalue weighted by Gasteiger charge is 2.26. The van der Waals surface area contributed by atoms with E-state index in [4.69, 9.17) is 0 Å². The number of fused-ring (bicyclic) bond motifs is 12. The molecule has 1 aliphatic rings. The first-order chi connectivity index (χ1) is 29.7. The summed E-state index contributed by atoms with van der Waals surface area (Å²) in [6, 6.07) is 80.6. The van der Waals surface area contributed by atoms with Crippen LogP contribution in [-0.4, -0.2) is 9.13 Å². The van der Waals surface area contributed by atoms with Gasteiger partial charge >= 0.3 is 0 Å². The van der Waals surface area contributed by atoms with Crippen molar-refractivity contribution in [3.05, 3.63) is 218 Å². The molecule has 0 radical (unpaired) electrons. The molecule has 1 aliphatic heterocycles. The molecule has 0 bridgehead atoms. The van der Waals surface area contributed by atoms with Crippen LogP contribution >= 0.6 is 0 Å². The Morgan fingerprint density at radius 1 is 0.250 bits per heavy atom. The molecule has 0 saturated heterocycles.